The van der Waals surface area contributed by atoms with Gasteiger partial charge in [0.1, 0.15) is 5.56 Å². The molecule has 160 valence electrons. The fourth-order valence-electron chi connectivity index (χ4n) is 3.19. The number of nitrogens with one attached hydrogen (secondary N) is 1. The van der Waals surface area contributed by atoms with Crippen molar-refractivity contribution in [2.75, 3.05) is 11.9 Å². The molecule has 0 bridgehead atoms. The SMILES string of the molecule is Cc1cc([N+](=O)[O-])ccc1NC(=O)COC(=O)c1c(C)nn(Cc2ccccc2)c1C. The van der Waals surface area contributed by atoms with Crippen LogP contribution in [0.4, 0.5) is 11.4 Å². The van der Waals surface area contributed by atoms with Gasteiger partial charge in [-0.25, -0.2) is 4.79 Å². The fourth-order valence-corrected chi connectivity index (χ4v) is 3.19. The molecule has 0 unspecified atom stereocenters. The van der Waals surface area contributed by atoms with Crippen LogP contribution in [0.5, 0.6) is 0 Å². The Bertz CT molecular complexity index is 1140. The van der Waals surface area contributed by atoms with Crippen molar-refractivity contribution in [1.82, 2.24) is 9.78 Å². The van der Waals surface area contributed by atoms with E-state index in [1.54, 1.807) is 25.5 Å². The Kier molecular flexibility index (Phi) is 6.44. The lowest BCUT2D eigenvalue weighted by Gasteiger charge is -2.09. The van der Waals surface area contributed by atoms with Crippen LogP contribution in [0.1, 0.15) is 32.9 Å². The second-order valence-corrected chi connectivity index (χ2v) is 7.07. The normalized spacial score (nSPS) is 10.5. The van der Waals surface area contributed by atoms with Crippen molar-refractivity contribution in [3.63, 3.8) is 0 Å². The van der Waals surface area contributed by atoms with Gasteiger partial charge in [-0.15, -0.1) is 0 Å². The smallest absolute Gasteiger partial charge is 0.342 e. The van der Waals surface area contributed by atoms with Gasteiger partial charge in [0.05, 0.1) is 22.9 Å². The van der Waals surface area contributed by atoms with Gasteiger partial charge in [-0.1, -0.05) is 30.3 Å². The molecule has 31 heavy (non-hydrogen) atoms. The minimum atomic E-state index is -0.634. The van der Waals surface area contributed by atoms with Gasteiger partial charge in [0, 0.05) is 17.8 Å². The van der Waals surface area contributed by atoms with Gasteiger partial charge in [0.25, 0.3) is 11.6 Å². The van der Waals surface area contributed by atoms with Crippen LogP contribution in [0.15, 0.2) is 48.5 Å². The molecule has 1 aromatic heterocycles. The summed E-state index contributed by atoms with van der Waals surface area (Å²) in [5.41, 5.74) is 3.42. The minimum Gasteiger partial charge on any atom is -0.452 e. The first-order chi connectivity index (χ1) is 14.8. The highest BCUT2D eigenvalue weighted by Crippen LogP contribution is 2.21. The minimum absolute atomic E-state index is 0.0691. The van der Waals surface area contributed by atoms with Gasteiger partial charge in [-0.05, 0) is 38.0 Å². The number of amides is 1. The number of esters is 1. The highest BCUT2D eigenvalue weighted by molar-refractivity contribution is 5.96. The van der Waals surface area contributed by atoms with Crippen molar-refractivity contribution in [3.8, 4) is 0 Å². The zero-order valence-electron chi connectivity index (χ0n) is 17.4. The maximum absolute atomic E-state index is 12.6. The zero-order chi connectivity index (χ0) is 22.5. The molecule has 0 saturated carbocycles. The molecule has 9 nitrogen and oxygen atoms in total. The highest BCUT2D eigenvalue weighted by Gasteiger charge is 2.21. The number of hydrogen-bond donors (Lipinski definition) is 1. The second-order valence-electron chi connectivity index (χ2n) is 7.07. The van der Waals surface area contributed by atoms with E-state index in [9.17, 15) is 19.7 Å². The van der Waals surface area contributed by atoms with E-state index in [2.05, 4.69) is 10.4 Å². The Morgan fingerprint density at radius 3 is 2.48 bits per heavy atom. The molecule has 0 atom stereocenters. The van der Waals surface area contributed by atoms with E-state index >= 15 is 0 Å². The molecule has 3 aromatic rings. The summed E-state index contributed by atoms with van der Waals surface area (Å²) in [4.78, 5) is 35.1. The number of nitro groups is 1. The van der Waals surface area contributed by atoms with Crippen molar-refractivity contribution < 1.29 is 19.2 Å². The third kappa shape index (κ3) is 5.13. The van der Waals surface area contributed by atoms with E-state index in [4.69, 9.17) is 4.74 Å². The van der Waals surface area contributed by atoms with Gasteiger partial charge in [-0.2, -0.15) is 5.10 Å². The second kappa shape index (κ2) is 9.21. The van der Waals surface area contributed by atoms with Crippen LogP contribution in [0.3, 0.4) is 0 Å². The number of nitrogens with zero attached hydrogens (tertiary/aromatic N) is 3. The molecular weight excluding hydrogens is 400 g/mol. The van der Waals surface area contributed by atoms with Gasteiger partial charge in [0.2, 0.25) is 0 Å². The van der Waals surface area contributed by atoms with Crippen molar-refractivity contribution >= 4 is 23.3 Å². The topological polar surface area (TPSA) is 116 Å². The maximum Gasteiger partial charge on any atom is 0.342 e. The van der Waals surface area contributed by atoms with Gasteiger partial charge in [0.15, 0.2) is 6.61 Å². The molecular formula is C22H22N4O5. The molecule has 0 aliphatic carbocycles. The number of nitro benzene ring substituents is 1. The molecule has 0 radical (unpaired) electrons. The largest absolute Gasteiger partial charge is 0.452 e. The van der Waals surface area contributed by atoms with Crippen LogP contribution >= 0.6 is 0 Å². The van der Waals surface area contributed by atoms with E-state index in [1.165, 1.54) is 18.2 Å². The average molecular weight is 422 g/mol. The molecule has 0 fully saturated rings. The lowest BCUT2D eigenvalue weighted by molar-refractivity contribution is -0.384. The summed E-state index contributed by atoms with van der Waals surface area (Å²) in [6, 6.07) is 13.8. The summed E-state index contributed by atoms with van der Waals surface area (Å²) < 4.78 is 6.90. The van der Waals surface area contributed by atoms with Crippen LogP contribution in [0, 0.1) is 30.9 Å². The lowest BCUT2D eigenvalue weighted by atomic mass is 10.2. The molecule has 2 aromatic carbocycles. The molecule has 9 heteroatoms. The van der Waals surface area contributed by atoms with E-state index in [0.29, 0.717) is 34.7 Å². The van der Waals surface area contributed by atoms with Crippen LogP contribution < -0.4 is 5.32 Å². The van der Waals surface area contributed by atoms with E-state index in [-0.39, 0.29) is 5.69 Å². The first-order valence-corrected chi connectivity index (χ1v) is 9.56. The Morgan fingerprint density at radius 2 is 1.84 bits per heavy atom. The number of rotatable bonds is 7. The quantitative estimate of drug-likeness (QED) is 0.353. The Hall–Kier alpha value is -4.01. The number of hydrogen-bond acceptors (Lipinski definition) is 6. The molecule has 1 N–H and O–H groups in total. The Morgan fingerprint density at radius 1 is 1.13 bits per heavy atom. The number of aromatic nitrogens is 2. The van der Waals surface area contributed by atoms with Crippen molar-refractivity contribution in [3.05, 3.63) is 86.7 Å². The number of aryl methyl sites for hydroxylation is 2. The first kappa shape index (κ1) is 21.7. The molecule has 1 heterocycles. The van der Waals surface area contributed by atoms with Crippen molar-refractivity contribution in [1.29, 1.82) is 0 Å². The number of carbonyl (C=O) groups is 2. The van der Waals surface area contributed by atoms with Crippen LogP contribution in [0.25, 0.3) is 0 Å². The summed E-state index contributed by atoms with van der Waals surface area (Å²) in [5.74, 6) is -1.18. The average Bonchev–Trinajstić information content (AvgIpc) is 3.01. The van der Waals surface area contributed by atoms with Crippen LogP contribution in [-0.4, -0.2) is 33.2 Å². The third-order valence-electron chi connectivity index (χ3n) is 4.79. The summed E-state index contributed by atoms with van der Waals surface area (Å²) in [6.07, 6.45) is 0. The number of carbonyl (C=O) groups excluding carboxylic acids is 2. The van der Waals surface area contributed by atoms with Crippen molar-refractivity contribution in [2.24, 2.45) is 0 Å². The van der Waals surface area contributed by atoms with Gasteiger partial charge in [-0.3, -0.25) is 19.6 Å². The highest BCUT2D eigenvalue weighted by atomic mass is 16.6. The summed E-state index contributed by atoms with van der Waals surface area (Å²) in [5, 5.41) is 17.8. The number of non-ortho nitro benzene ring substituents is 1. The molecule has 3 rings (SSSR count). The van der Waals surface area contributed by atoms with E-state index < -0.39 is 23.4 Å². The summed E-state index contributed by atoms with van der Waals surface area (Å²) in [6.45, 7) is 5.16. The number of anilines is 1. The lowest BCUT2D eigenvalue weighted by Crippen LogP contribution is -2.22. The van der Waals surface area contributed by atoms with E-state index in [1.807, 2.05) is 30.3 Å². The van der Waals surface area contributed by atoms with E-state index in [0.717, 1.165) is 5.56 Å². The molecule has 0 saturated heterocycles. The fraction of sp³-hybridized carbons (Fsp3) is 0.227. The predicted molar refractivity (Wildman–Crippen MR) is 114 cm³/mol. The Balaban J connectivity index is 1.63. The molecule has 0 aliphatic rings. The monoisotopic (exact) mass is 422 g/mol. The summed E-state index contributed by atoms with van der Waals surface area (Å²) >= 11 is 0. The third-order valence-corrected chi connectivity index (χ3v) is 4.79. The van der Waals surface area contributed by atoms with Crippen LogP contribution in [-0.2, 0) is 16.1 Å². The molecule has 1 amide bonds. The molecule has 0 aliphatic heterocycles. The summed E-state index contributed by atoms with van der Waals surface area (Å²) in [7, 11) is 0. The zero-order valence-corrected chi connectivity index (χ0v) is 17.4. The predicted octanol–water partition coefficient (Wildman–Crippen LogP) is 3.56. The van der Waals surface area contributed by atoms with Crippen LogP contribution in [0.2, 0.25) is 0 Å². The molecule has 0 spiro atoms. The number of ether oxygens (including phenoxy) is 1. The Labute approximate surface area is 178 Å². The van der Waals surface area contributed by atoms with Gasteiger partial charge >= 0.3 is 5.97 Å². The van der Waals surface area contributed by atoms with Crippen molar-refractivity contribution in [2.45, 2.75) is 27.3 Å². The number of benzene rings is 2. The first-order valence-electron chi connectivity index (χ1n) is 9.56. The standard InChI is InChI=1S/C22H22N4O5/c1-14-11-18(26(29)30)9-10-19(14)23-20(27)13-31-22(28)21-15(2)24-25(16(21)3)12-17-7-5-4-6-8-17/h4-11H,12-13H2,1-3H3,(H,23,27). The maximum atomic E-state index is 12.6. The van der Waals surface area contributed by atoms with Gasteiger partial charge < -0.3 is 10.1 Å².